The van der Waals surface area contributed by atoms with Gasteiger partial charge in [-0.05, 0) is 123 Å². The molecule has 7 aromatic rings. The van der Waals surface area contributed by atoms with Gasteiger partial charge >= 0.3 is 5.97 Å². The summed E-state index contributed by atoms with van der Waals surface area (Å²) in [6, 6.07) is 23.9. The number of esters is 1. The summed E-state index contributed by atoms with van der Waals surface area (Å²) in [5, 5.41) is 22.6. The Balaban J connectivity index is 0.953. The van der Waals surface area contributed by atoms with Crippen molar-refractivity contribution in [1.82, 2.24) is 9.30 Å². The number of rotatable bonds is 9. The third-order valence-electron chi connectivity index (χ3n) is 15.4. The number of nitrogens with zero attached hydrogens (tertiary/aromatic N) is 3. The number of anilines is 1. The second-order valence-corrected chi connectivity index (χ2v) is 23.0. The van der Waals surface area contributed by atoms with Crippen molar-refractivity contribution >= 4 is 59.2 Å². The second-order valence-electron chi connectivity index (χ2n) is 19.9. The first-order valence-corrected chi connectivity index (χ1v) is 27.6. The summed E-state index contributed by atoms with van der Waals surface area (Å²) in [6.45, 7) is 7.02. The first kappa shape index (κ1) is 46.5. The molecule has 12 rings (SSSR count). The lowest BCUT2D eigenvalue weighted by Crippen LogP contribution is -2.45. The van der Waals surface area contributed by atoms with E-state index in [1.807, 2.05) is 35.9 Å². The van der Waals surface area contributed by atoms with Gasteiger partial charge in [-0.15, -0.1) is 0 Å². The number of sulfonamides is 1. The van der Waals surface area contributed by atoms with Crippen molar-refractivity contribution in [2.45, 2.75) is 87.8 Å². The number of hydrogen-bond acceptors (Lipinski definition) is 10. The average molecular weight is 1010 g/mol. The number of aromatic nitrogens is 1. The Morgan fingerprint density at radius 3 is 2.25 bits per heavy atom. The summed E-state index contributed by atoms with van der Waals surface area (Å²) in [5.74, 6) is 1.01. The van der Waals surface area contributed by atoms with Crippen LogP contribution in [0.15, 0.2) is 94.7 Å². The van der Waals surface area contributed by atoms with Gasteiger partial charge in [0.25, 0.3) is 10.1 Å². The van der Waals surface area contributed by atoms with Crippen molar-refractivity contribution in [2.24, 2.45) is 7.05 Å². The van der Waals surface area contributed by atoms with E-state index in [4.69, 9.17) is 9.47 Å². The Bertz CT molecular complexity index is 3900. The second kappa shape index (κ2) is 17.3. The average Bonchev–Trinajstić information content (AvgIpc) is 3.36. The fourth-order valence-corrected chi connectivity index (χ4v) is 14.1. The van der Waals surface area contributed by atoms with E-state index in [-0.39, 0.29) is 33.9 Å². The van der Waals surface area contributed by atoms with Gasteiger partial charge in [-0.25, -0.2) is 22.5 Å². The summed E-state index contributed by atoms with van der Waals surface area (Å²) in [7, 11) is -7.60. The number of nitrogens with one attached hydrogen (secondary N) is 1. The number of carbonyl (C=O) groups excluding carboxylic acids is 1. The molecule has 14 nitrogen and oxygen atoms in total. The molecule has 0 saturated carbocycles. The number of aliphatic hydroxyl groups excluding tert-OH is 1. The summed E-state index contributed by atoms with van der Waals surface area (Å²) in [6.07, 6.45) is 5.48. The number of benzene rings is 6. The molecular weight excluding hydrogens is 953 g/mol. The Labute approximate surface area is 416 Å². The number of aliphatic hydroxyl groups is 2. The zero-order valence-electron chi connectivity index (χ0n) is 40.2. The zero-order valence-corrected chi connectivity index (χ0v) is 41.8. The quantitative estimate of drug-likeness (QED) is 0.0342. The van der Waals surface area contributed by atoms with Crippen molar-refractivity contribution < 1.29 is 50.4 Å². The Morgan fingerprint density at radius 1 is 0.778 bits per heavy atom. The lowest BCUT2D eigenvalue weighted by molar-refractivity contribution is -0.617. The maximum absolute atomic E-state index is 14.4. The highest BCUT2D eigenvalue weighted by atomic mass is 32.2. The van der Waals surface area contributed by atoms with Gasteiger partial charge in [-0.3, -0.25) is 4.55 Å². The van der Waals surface area contributed by atoms with Gasteiger partial charge in [-0.1, -0.05) is 24.3 Å². The monoisotopic (exact) mass is 1010 g/mol. The largest absolute Gasteiger partial charge is 0.455 e. The van der Waals surface area contributed by atoms with Crippen LogP contribution < -0.4 is 38.8 Å². The van der Waals surface area contributed by atoms with Crippen molar-refractivity contribution in [3.8, 4) is 17.2 Å². The van der Waals surface area contributed by atoms with Crippen LogP contribution in [0, 0.1) is 13.8 Å². The molecule has 0 atom stereocenters. The van der Waals surface area contributed by atoms with Crippen molar-refractivity contribution in [3.05, 3.63) is 157 Å². The van der Waals surface area contributed by atoms with Gasteiger partial charge in [0.2, 0.25) is 26.4 Å². The molecule has 16 heteroatoms. The van der Waals surface area contributed by atoms with Crippen LogP contribution >= 0.6 is 0 Å². The predicted molar refractivity (Wildman–Crippen MR) is 271 cm³/mol. The van der Waals surface area contributed by atoms with Crippen LogP contribution in [0.2, 0.25) is 0 Å². The summed E-state index contributed by atoms with van der Waals surface area (Å²) in [4.78, 5) is 15.9. The van der Waals surface area contributed by atoms with E-state index < -0.39 is 37.3 Å². The molecule has 0 radical (unpaired) electrons. The number of aryl methyl sites for hydroxylation is 5. The number of para-hydroxylation sites is 1. The van der Waals surface area contributed by atoms with E-state index in [9.17, 15) is 36.4 Å². The maximum atomic E-state index is 14.4. The number of fused-ring (bicyclic) bond motifs is 6. The molecule has 0 amide bonds. The molecule has 0 saturated heterocycles. The van der Waals surface area contributed by atoms with Gasteiger partial charge in [0.05, 0.1) is 26.8 Å². The molecule has 6 heterocycles. The first-order chi connectivity index (χ1) is 34.6. The van der Waals surface area contributed by atoms with Crippen LogP contribution in [-0.2, 0) is 59.4 Å². The molecule has 72 heavy (non-hydrogen) atoms. The highest BCUT2D eigenvalue weighted by Gasteiger charge is 2.37. The number of ether oxygens (including phenoxy) is 2. The summed E-state index contributed by atoms with van der Waals surface area (Å²) < 4.78 is 87.7. The van der Waals surface area contributed by atoms with Crippen LogP contribution in [0.1, 0.15) is 98.0 Å². The SMILES string of the molecule is Cc1cc(C(O)O)cc(C)c1OC(=O)c1c2ccccc2[n+](C)c2ccc(CNS(=O)(=O)c3ccc(C4=c5cc6c7c(c5Oc5c4cc4c8c5CCCN8CCC4)CCC[N+]=7CCC6)c(S(=O)(=O)O)c3)cc12. The van der Waals surface area contributed by atoms with Crippen molar-refractivity contribution in [1.29, 1.82) is 0 Å². The summed E-state index contributed by atoms with van der Waals surface area (Å²) in [5.41, 5.74) is 10.8. The van der Waals surface area contributed by atoms with Crippen LogP contribution in [-0.4, -0.2) is 63.7 Å². The topological polar surface area (TPSA) is 187 Å². The van der Waals surface area contributed by atoms with Crippen LogP contribution in [0.5, 0.6) is 17.2 Å². The summed E-state index contributed by atoms with van der Waals surface area (Å²) >= 11 is 0. The molecule has 5 aliphatic heterocycles. The third-order valence-corrected chi connectivity index (χ3v) is 17.7. The van der Waals surface area contributed by atoms with E-state index in [1.165, 1.54) is 34.3 Å². The molecule has 0 bridgehead atoms. The zero-order chi connectivity index (χ0) is 50.0. The molecule has 4 N–H and O–H groups in total. The smallest absolute Gasteiger partial charge is 0.345 e. The van der Waals surface area contributed by atoms with Crippen LogP contribution in [0.4, 0.5) is 5.69 Å². The Hall–Kier alpha value is -6.53. The van der Waals surface area contributed by atoms with Gasteiger partial charge < -0.3 is 24.6 Å². The molecular formula is C56H54N4O10S2+2. The van der Waals surface area contributed by atoms with E-state index >= 15 is 0 Å². The van der Waals surface area contributed by atoms with E-state index in [1.54, 1.807) is 44.2 Å². The van der Waals surface area contributed by atoms with Crippen LogP contribution in [0.25, 0.3) is 27.4 Å². The number of carbonyl (C=O) groups is 1. The molecule has 1 aromatic heterocycles. The Morgan fingerprint density at radius 2 is 1.49 bits per heavy atom. The molecule has 5 aliphatic rings. The minimum absolute atomic E-state index is 0.190. The van der Waals surface area contributed by atoms with Crippen molar-refractivity contribution in [3.63, 3.8) is 0 Å². The van der Waals surface area contributed by atoms with Gasteiger partial charge in [-0.2, -0.15) is 13.0 Å². The molecule has 368 valence electrons. The highest BCUT2D eigenvalue weighted by molar-refractivity contribution is 7.89. The van der Waals surface area contributed by atoms with E-state index in [0.29, 0.717) is 50.1 Å². The third kappa shape index (κ3) is 7.61. The normalized spacial score (nSPS) is 16.1. The first-order valence-electron chi connectivity index (χ1n) is 24.6. The standard InChI is InChI=1S/C56H53N4O10S2/c1-31-24-36(55(61)62)25-32(2)52(31)70-56(63)49-38-12-4-5-15-45(38)58(3)46-19-16-33(26-42(46)49)30-57-71(64,65)37-17-18-39(47(29-37)72(66,67)68)48-43-27-34-10-6-20-59-22-8-13-40(50(34)59)53(43)69-54-41-14-9-23-60-21-7-11-35(51(41)60)28-44(48)54/h4-5,12,15-19,24-29,55,57,61-62H,6-11,13-14,20-23,30H2,1-3H3/q+1/p+1. The van der Waals surface area contributed by atoms with E-state index in [2.05, 4.69) is 26.3 Å². The molecule has 0 spiro atoms. The molecule has 0 aliphatic carbocycles. The maximum Gasteiger partial charge on any atom is 0.345 e. The van der Waals surface area contributed by atoms with Gasteiger partial charge in [0.15, 0.2) is 6.29 Å². The predicted octanol–water partition coefficient (Wildman–Crippen LogP) is 5.80. The van der Waals surface area contributed by atoms with Crippen molar-refractivity contribution in [2.75, 3.05) is 31.1 Å². The lowest BCUT2D eigenvalue weighted by atomic mass is 9.82. The number of pyridine rings is 1. The van der Waals surface area contributed by atoms with Crippen LogP contribution in [0.3, 0.4) is 0 Å². The van der Waals surface area contributed by atoms with Gasteiger partial charge in [0, 0.05) is 88.9 Å². The fourth-order valence-electron chi connectivity index (χ4n) is 12.3. The Kier molecular flexibility index (Phi) is 11.2. The van der Waals surface area contributed by atoms with Gasteiger partial charge in [0.1, 0.15) is 42.3 Å². The minimum atomic E-state index is -5.03. The van der Waals surface area contributed by atoms with E-state index in [0.717, 1.165) is 111 Å². The molecule has 0 fully saturated rings. The minimum Gasteiger partial charge on any atom is -0.455 e. The molecule has 6 aromatic carbocycles. The fraction of sp³-hybridized carbons (Fsp3) is 0.304. The molecule has 0 unspecified atom stereocenters. The lowest BCUT2D eigenvalue weighted by Gasteiger charge is -2.39. The number of hydrogen-bond donors (Lipinski definition) is 4. The highest BCUT2D eigenvalue weighted by Crippen LogP contribution is 2.49.